The minimum atomic E-state index is 0.0953. The van der Waals surface area contributed by atoms with E-state index in [1.807, 2.05) is 80.6 Å². The summed E-state index contributed by atoms with van der Waals surface area (Å²) < 4.78 is 23.5. The van der Waals surface area contributed by atoms with Gasteiger partial charge in [-0.25, -0.2) is 0 Å². The van der Waals surface area contributed by atoms with Crippen molar-refractivity contribution >= 4 is 0 Å². The van der Waals surface area contributed by atoms with Gasteiger partial charge >= 0.3 is 0 Å². The summed E-state index contributed by atoms with van der Waals surface area (Å²) in [6.07, 6.45) is 4.05. The van der Waals surface area contributed by atoms with Gasteiger partial charge in [0.25, 0.3) is 0 Å². The van der Waals surface area contributed by atoms with E-state index >= 15 is 0 Å². The van der Waals surface area contributed by atoms with Gasteiger partial charge < -0.3 is 18.9 Å². The van der Waals surface area contributed by atoms with Gasteiger partial charge in [0.1, 0.15) is 35.4 Å². The second kappa shape index (κ2) is 11.8. The Labute approximate surface area is 203 Å². The third-order valence-electron chi connectivity index (χ3n) is 5.90. The van der Waals surface area contributed by atoms with Crippen molar-refractivity contribution in [2.75, 3.05) is 33.4 Å². The smallest absolute Gasteiger partial charge is 0.135 e. The molecule has 0 aliphatic carbocycles. The summed E-state index contributed by atoms with van der Waals surface area (Å²) in [4.78, 5) is 2.48. The fraction of sp³-hybridized carbons (Fsp3) is 0.379. The number of ether oxygens (including phenoxy) is 4. The fourth-order valence-corrected chi connectivity index (χ4v) is 4.15. The molecule has 180 valence electrons. The lowest BCUT2D eigenvalue weighted by Gasteiger charge is -2.26. The highest BCUT2D eigenvalue weighted by Gasteiger charge is 2.12. The predicted molar refractivity (Wildman–Crippen MR) is 136 cm³/mol. The maximum Gasteiger partial charge on any atom is 0.135 e. The number of rotatable bonds is 10. The lowest BCUT2D eigenvalue weighted by molar-refractivity contribution is 0.183. The molecule has 1 aliphatic heterocycles. The SMILES string of the molecule is COc1ccc(-c2cc(OC(C)C)ccc2Oc2ccc(OCCN3CCCCC3)cc2)cc1. The zero-order chi connectivity index (χ0) is 23.8. The number of hydrogen-bond donors (Lipinski definition) is 0. The maximum atomic E-state index is 6.28. The standard InChI is InChI=1S/C29H35NO4/c1-22(2)33-27-15-16-29(28(21-27)23-7-9-24(31-3)10-8-23)34-26-13-11-25(12-14-26)32-20-19-30-17-5-4-6-18-30/h7-16,21-22H,4-6,17-20H2,1-3H3. The lowest BCUT2D eigenvalue weighted by atomic mass is 10.0. The third kappa shape index (κ3) is 6.67. The highest BCUT2D eigenvalue weighted by Crippen LogP contribution is 2.37. The number of methoxy groups -OCH3 is 1. The Bertz CT molecular complexity index is 1030. The van der Waals surface area contributed by atoms with E-state index in [2.05, 4.69) is 4.90 Å². The molecule has 34 heavy (non-hydrogen) atoms. The molecule has 1 fully saturated rings. The molecular weight excluding hydrogens is 426 g/mol. The van der Waals surface area contributed by atoms with E-state index < -0.39 is 0 Å². The second-order valence-electron chi connectivity index (χ2n) is 8.88. The highest BCUT2D eigenvalue weighted by molar-refractivity contribution is 5.73. The maximum absolute atomic E-state index is 6.28. The van der Waals surface area contributed by atoms with Gasteiger partial charge in [0.2, 0.25) is 0 Å². The van der Waals surface area contributed by atoms with Crippen LogP contribution in [-0.4, -0.2) is 44.4 Å². The van der Waals surface area contributed by atoms with Gasteiger partial charge in [0.05, 0.1) is 13.2 Å². The summed E-state index contributed by atoms with van der Waals surface area (Å²) in [6, 6.07) is 21.7. The summed E-state index contributed by atoms with van der Waals surface area (Å²) in [5.41, 5.74) is 1.99. The lowest BCUT2D eigenvalue weighted by Crippen LogP contribution is -2.33. The van der Waals surface area contributed by atoms with Crippen molar-refractivity contribution in [2.45, 2.75) is 39.2 Å². The van der Waals surface area contributed by atoms with Gasteiger partial charge in [-0.05, 0) is 99.9 Å². The Hall–Kier alpha value is -3.18. The zero-order valence-electron chi connectivity index (χ0n) is 20.5. The first-order valence-corrected chi connectivity index (χ1v) is 12.2. The molecule has 3 aromatic rings. The quantitative estimate of drug-likeness (QED) is 0.332. The van der Waals surface area contributed by atoms with E-state index in [1.54, 1.807) is 7.11 Å². The van der Waals surface area contributed by atoms with Crippen LogP contribution in [0.4, 0.5) is 0 Å². The number of piperidine rings is 1. The van der Waals surface area contributed by atoms with Crippen molar-refractivity contribution in [3.63, 3.8) is 0 Å². The molecule has 0 amide bonds. The molecule has 3 aromatic carbocycles. The zero-order valence-corrected chi connectivity index (χ0v) is 20.5. The Kier molecular flexibility index (Phi) is 8.31. The van der Waals surface area contributed by atoms with E-state index in [0.29, 0.717) is 6.61 Å². The average Bonchev–Trinajstić information content (AvgIpc) is 2.86. The molecular formula is C29H35NO4. The van der Waals surface area contributed by atoms with Crippen LogP contribution in [0.15, 0.2) is 66.7 Å². The fourth-order valence-electron chi connectivity index (χ4n) is 4.15. The molecule has 0 saturated carbocycles. The molecule has 4 rings (SSSR count). The molecule has 0 radical (unpaired) electrons. The van der Waals surface area contributed by atoms with E-state index in [-0.39, 0.29) is 6.10 Å². The van der Waals surface area contributed by atoms with Crippen LogP contribution in [0.25, 0.3) is 11.1 Å². The van der Waals surface area contributed by atoms with E-state index in [9.17, 15) is 0 Å². The van der Waals surface area contributed by atoms with Crippen molar-refractivity contribution in [1.29, 1.82) is 0 Å². The molecule has 0 bridgehead atoms. The summed E-state index contributed by atoms with van der Waals surface area (Å²) in [5, 5.41) is 0. The van der Waals surface area contributed by atoms with Crippen molar-refractivity contribution in [3.05, 3.63) is 66.7 Å². The third-order valence-corrected chi connectivity index (χ3v) is 5.90. The van der Waals surface area contributed by atoms with Gasteiger partial charge in [0, 0.05) is 12.1 Å². The number of likely N-dealkylation sites (tertiary alicyclic amines) is 1. The van der Waals surface area contributed by atoms with Crippen molar-refractivity contribution in [3.8, 4) is 39.9 Å². The van der Waals surface area contributed by atoms with Gasteiger partial charge in [0.15, 0.2) is 0 Å². The van der Waals surface area contributed by atoms with Gasteiger partial charge in [-0.2, -0.15) is 0 Å². The summed E-state index contributed by atoms with van der Waals surface area (Å²) in [5.74, 6) is 4.01. The predicted octanol–water partition coefficient (Wildman–Crippen LogP) is 6.81. The molecule has 1 aliphatic rings. The minimum absolute atomic E-state index is 0.0953. The molecule has 0 aromatic heterocycles. The van der Waals surface area contributed by atoms with Gasteiger partial charge in [-0.3, -0.25) is 4.90 Å². The molecule has 1 saturated heterocycles. The van der Waals surface area contributed by atoms with Crippen LogP contribution in [0.5, 0.6) is 28.7 Å². The second-order valence-corrected chi connectivity index (χ2v) is 8.88. The Morgan fingerprint density at radius 3 is 2.09 bits per heavy atom. The van der Waals surface area contributed by atoms with Crippen LogP contribution in [0.3, 0.4) is 0 Å². The normalized spacial score (nSPS) is 14.1. The molecule has 0 atom stereocenters. The minimum Gasteiger partial charge on any atom is -0.497 e. The molecule has 0 spiro atoms. The Morgan fingerprint density at radius 2 is 1.41 bits per heavy atom. The first kappa shape index (κ1) is 24.0. The summed E-state index contributed by atoms with van der Waals surface area (Å²) in [6.45, 7) is 8.11. The van der Waals surface area contributed by atoms with Crippen LogP contribution in [-0.2, 0) is 0 Å². The van der Waals surface area contributed by atoms with Crippen molar-refractivity contribution in [1.82, 2.24) is 4.90 Å². The Balaban J connectivity index is 1.45. The molecule has 5 heteroatoms. The first-order chi connectivity index (χ1) is 16.6. The van der Waals surface area contributed by atoms with Crippen molar-refractivity contribution < 1.29 is 18.9 Å². The highest BCUT2D eigenvalue weighted by atomic mass is 16.5. The molecule has 1 heterocycles. The Morgan fingerprint density at radius 1 is 0.765 bits per heavy atom. The summed E-state index contributed by atoms with van der Waals surface area (Å²) >= 11 is 0. The summed E-state index contributed by atoms with van der Waals surface area (Å²) in [7, 11) is 1.67. The molecule has 5 nitrogen and oxygen atoms in total. The van der Waals surface area contributed by atoms with Crippen LogP contribution in [0, 0.1) is 0 Å². The van der Waals surface area contributed by atoms with E-state index in [4.69, 9.17) is 18.9 Å². The largest absolute Gasteiger partial charge is 0.497 e. The monoisotopic (exact) mass is 461 g/mol. The van der Waals surface area contributed by atoms with Gasteiger partial charge in [-0.1, -0.05) is 18.6 Å². The van der Waals surface area contributed by atoms with E-state index in [0.717, 1.165) is 46.4 Å². The molecule has 0 N–H and O–H groups in total. The number of benzene rings is 3. The van der Waals surface area contributed by atoms with Gasteiger partial charge in [-0.15, -0.1) is 0 Å². The number of nitrogens with zero attached hydrogens (tertiary/aromatic N) is 1. The van der Waals surface area contributed by atoms with Crippen LogP contribution in [0.1, 0.15) is 33.1 Å². The van der Waals surface area contributed by atoms with E-state index in [1.165, 1.54) is 32.4 Å². The first-order valence-electron chi connectivity index (χ1n) is 12.2. The topological polar surface area (TPSA) is 40.2 Å². The molecule has 0 unspecified atom stereocenters. The number of hydrogen-bond acceptors (Lipinski definition) is 5. The van der Waals surface area contributed by atoms with Crippen LogP contribution >= 0.6 is 0 Å². The van der Waals surface area contributed by atoms with Crippen LogP contribution in [0.2, 0.25) is 0 Å². The van der Waals surface area contributed by atoms with Crippen LogP contribution < -0.4 is 18.9 Å². The van der Waals surface area contributed by atoms with Crippen molar-refractivity contribution in [2.24, 2.45) is 0 Å². The average molecular weight is 462 g/mol.